The van der Waals surface area contributed by atoms with Crippen LogP contribution in [0.25, 0.3) is 17.0 Å². The molecule has 0 spiro atoms. The van der Waals surface area contributed by atoms with Crippen LogP contribution in [0.5, 0.6) is 0 Å². The predicted molar refractivity (Wildman–Crippen MR) is 133 cm³/mol. The fourth-order valence-corrected chi connectivity index (χ4v) is 4.32. The van der Waals surface area contributed by atoms with Gasteiger partial charge in [0.15, 0.2) is 0 Å². The van der Waals surface area contributed by atoms with Crippen LogP contribution >= 0.6 is 11.6 Å². The summed E-state index contributed by atoms with van der Waals surface area (Å²) in [6, 6.07) is 24.3. The zero-order chi connectivity index (χ0) is 23.7. The molecule has 1 aliphatic rings. The molecule has 1 atom stereocenters. The molecule has 0 fully saturated rings. The fraction of sp³-hybridized carbons (Fsp3) is 0.148. The summed E-state index contributed by atoms with van der Waals surface area (Å²) in [4.78, 5) is 19.7. The monoisotopic (exact) mass is 470 g/mol. The van der Waals surface area contributed by atoms with E-state index in [2.05, 4.69) is 17.4 Å². The average Bonchev–Trinajstić information content (AvgIpc) is 3.35. The van der Waals surface area contributed by atoms with Gasteiger partial charge in [-0.3, -0.25) is 4.90 Å². The first-order valence-corrected chi connectivity index (χ1v) is 11.5. The number of carbonyl (C=O) groups excluding carboxylic acids is 1. The number of hydrogen-bond donors (Lipinski definition) is 1. The second kappa shape index (κ2) is 9.15. The van der Waals surface area contributed by atoms with Crippen molar-refractivity contribution in [1.82, 2.24) is 15.5 Å². The van der Waals surface area contributed by atoms with Crippen LogP contribution < -0.4 is 10.2 Å². The van der Waals surface area contributed by atoms with Gasteiger partial charge in [-0.2, -0.15) is 4.98 Å². The molecule has 2 amide bonds. The molecule has 1 aromatic heterocycles. The molecule has 2 heterocycles. The van der Waals surface area contributed by atoms with Gasteiger partial charge in [-0.25, -0.2) is 4.79 Å². The van der Waals surface area contributed by atoms with Gasteiger partial charge in [0.2, 0.25) is 5.82 Å². The van der Waals surface area contributed by atoms with E-state index in [4.69, 9.17) is 21.1 Å². The number of nitrogens with zero attached hydrogens (tertiary/aromatic N) is 3. The lowest BCUT2D eigenvalue weighted by atomic mass is 9.94. The number of nitrogens with one attached hydrogen (secondary N) is 1. The lowest BCUT2D eigenvalue weighted by Gasteiger charge is -2.35. The minimum absolute atomic E-state index is 0.225. The highest BCUT2D eigenvalue weighted by atomic mass is 35.5. The number of halogens is 1. The van der Waals surface area contributed by atoms with Crippen LogP contribution in [0.4, 0.5) is 10.5 Å². The molecule has 1 aliphatic heterocycles. The molecule has 1 N–H and O–H groups in total. The van der Waals surface area contributed by atoms with Crippen molar-refractivity contribution in [3.05, 3.63) is 107 Å². The molecule has 4 aromatic rings. The summed E-state index contributed by atoms with van der Waals surface area (Å²) in [5, 5.41) is 7.95. The quantitative estimate of drug-likeness (QED) is 0.354. The molecule has 1 unspecified atom stereocenters. The third kappa shape index (κ3) is 4.08. The van der Waals surface area contributed by atoms with E-state index in [0.29, 0.717) is 16.7 Å². The topological polar surface area (TPSA) is 71.3 Å². The summed E-state index contributed by atoms with van der Waals surface area (Å²) >= 11 is 6.12. The van der Waals surface area contributed by atoms with Crippen LogP contribution in [0.1, 0.15) is 36.9 Å². The minimum atomic E-state index is -0.473. The number of urea groups is 1. The molecule has 170 valence electrons. The zero-order valence-corrected chi connectivity index (χ0v) is 19.6. The molecular weight excluding hydrogens is 448 g/mol. The molecule has 0 bridgehead atoms. The number of carbonyl (C=O) groups is 1. The van der Waals surface area contributed by atoms with Crippen LogP contribution in [0.3, 0.4) is 0 Å². The van der Waals surface area contributed by atoms with E-state index in [0.717, 1.165) is 40.1 Å². The maximum atomic E-state index is 13.3. The smallest absolute Gasteiger partial charge is 0.326 e. The SMILES string of the molecule is CCc1cccc(N2C(=O)NC(c3ccc(Cl)cc3)C(c3nc(-c4ccccc4)no3)=C2C)c1. The van der Waals surface area contributed by atoms with E-state index < -0.39 is 6.04 Å². The number of hydrogen-bond acceptors (Lipinski definition) is 4. The Labute approximate surface area is 202 Å². The second-order valence-corrected chi connectivity index (χ2v) is 8.52. The second-order valence-electron chi connectivity index (χ2n) is 8.08. The van der Waals surface area contributed by atoms with E-state index >= 15 is 0 Å². The number of rotatable bonds is 5. The van der Waals surface area contributed by atoms with Crippen molar-refractivity contribution in [2.75, 3.05) is 4.90 Å². The normalized spacial score (nSPS) is 16.0. The molecule has 5 rings (SSSR count). The third-order valence-electron chi connectivity index (χ3n) is 5.95. The van der Waals surface area contributed by atoms with Crippen LogP contribution in [-0.2, 0) is 6.42 Å². The van der Waals surface area contributed by atoms with Gasteiger partial charge in [0, 0.05) is 16.3 Å². The maximum Gasteiger partial charge on any atom is 0.326 e. The Morgan fingerprint density at radius 2 is 1.79 bits per heavy atom. The summed E-state index contributed by atoms with van der Waals surface area (Å²) in [6.07, 6.45) is 0.871. The highest BCUT2D eigenvalue weighted by Gasteiger charge is 2.36. The van der Waals surface area contributed by atoms with Gasteiger partial charge in [-0.1, -0.05) is 78.3 Å². The predicted octanol–water partition coefficient (Wildman–Crippen LogP) is 6.65. The van der Waals surface area contributed by atoms with Crippen molar-refractivity contribution in [2.24, 2.45) is 0 Å². The number of amides is 2. The largest absolute Gasteiger partial charge is 0.334 e. The van der Waals surface area contributed by atoms with E-state index in [-0.39, 0.29) is 6.03 Å². The Morgan fingerprint density at radius 1 is 1.03 bits per heavy atom. The first-order chi connectivity index (χ1) is 16.5. The average molecular weight is 471 g/mol. The van der Waals surface area contributed by atoms with E-state index in [9.17, 15) is 4.79 Å². The molecule has 0 radical (unpaired) electrons. The fourth-order valence-electron chi connectivity index (χ4n) is 4.19. The molecule has 0 saturated heterocycles. The molecule has 7 heteroatoms. The number of aromatic nitrogens is 2. The van der Waals surface area contributed by atoms with Gasteiger partial charge in [0.05, 0.1) is 17.3 Å². The van der Waals surface area contributed by atoms with Gasteiger partial charge in [0.25, 0.3) is 5.89 Å². The van der Waals surface area contributed by atoms with Crippen LogP contribution in [0, 0.1) is 0 Å². The first kappa shape index (κ1) is 21.9. The van der Waals surface area contributed by atoms with Crippen LogP contribution in [0.15, 0.2) is 89.1 Å². The maximum absolute atomic E-state index is 13.3. The van der Waals surface area contributed by atoms with Crippen molar-refractivity contribution < 1.29 is 9.32 Å². The molecule has 3 aromatic carbocycles. The molecule has 34 heavy (non-hydrogen) atoms. The molecular formula is C27H23ClN4O2. The molecule has 0 saturated carbocycles. The summed E-state index contributed by atoms with van der Waals surface area (Å²) < 4.78 is 5.75. The summed E-state index contributed by atoms with van der Waals surface area (Å²) in [5.41, 5.74) is 5.10. The summed E-state index contributed by atoms with van der Waals surface area (Å²) in [7, 11) is 0. The Balaban J connectivity index is 1.66. The highest BCUT2D eigenvalue weighted by molar-refractivity contribution is 6.30. The Kier molecular flexibility index (Phi) is 5.90. The Morgan fingerprint density at radius 3 is 2.53 bits per heavy atom. The molecule has 0 aliphatic carbocycles. The van der Waals surface area contributed by atoms with Gasteiger partial charge >= 0.3 is 6.03 Å². The van der Waals surface area contributed by atoms with Gasteiger partial charge in [-0.15, -0.1) is 0 Å². The van der Waals surface area contributed by atoms with Gasteiger partial charge < -0.3 is 9.84 Å². The first-order valence-electron chi connectivity index (χ1n) is 11.1. The number of benzene rings is 3. The van der Waals surface area contributed by atoms with Crippen molar-refractivity contribution in [3.8, 4) is 11.4 Å². The van der Waals surface area contributed by atoms with Crippen molar-refractivity contribution in [3.63, 3.8) is 0 Å². The van der Waals surface area contributed by atoms with E-state index in [1.165, 1.54) is 0 Å². The van der Waals surface area contributed by atoms with Crippen LogP contribution in [-0.4, -0.2) is 16.2 Å². The Hall–Kier alpha value is -3.90. The summed E-state index contributed by atoms with van der Waals surface area (Å²) in [6.45, 7) is 3.99. The lowest BCUT2D eigenvalue weighted by molar-refractivity contribution is 0.244. The minimum Gasteiger partial charge on any atom is -0.334 e. The molecule has 6 nitrogen and oxygen atoms in total. The van der Waals surface area contributed by atoms with Gasteiger partial charge in [-0.05, 0) is 48.7 Å². The van der Waals surface area contributed by atoms with E-state index in [1.807, 2.05) is 73.7 Å². The highest BCUT2D eigenvalue weighted by Crippen LogP contribution is 2.39. The number of anilines is 1. The van der Waals surface area contributed by atoms with Gasteiger partial charge in [0.1, 0.15) is 0 Å². The van der Waals surface area contributed by atoms with Crippen molar-refractivity contribution >= 4 is 28.9 Å². The zero-order valence-electron chi connectivity index (χ0n) is 18.8. The third-order valence-corrected chi connectivity index (χ3v) is 6.21. The standard InChI is InChI=1S/C27H23ClN4O2/c1-3-18-8-7-11-22(16-18)32-17(2)23(24(29-27(32)33)19-12-14-21(28)15-13-19)26-30-25(31-34-26)20-9-5-4-6-10-20/h4-16,24H,3H2,1-2H3,(H,29,33). The van der Waals surface area contributed by atoms with Crippen molar-refractivity contribution in [1.29, 1.82) is 0 Å². The van der Waals surface area contributed by atoms with Crippen molar-refractivity contribution in [2.45, 2.75) is 26.3 Å². The van der Waals surface area contributed by atoms with E-state index in [1.54, 1.807) is 17.0 Å². The summed E-state index contributed by atoms with van der Waals surface area (Å²) in [5.74, 6) is 0.843. The lowest BCUT2D eigenvalue weighted by Crippen LogP contribution is -2.46. The number of aryl methyl sites for hydroxylation is 1. The number of allylic oxidation sites excluding steroid dienone is 1. The Bertz CT molecular complexity index is 1360. The van der Waals surface area contributed by atoms with Crippen LogP contribution in [0.2, 0.25) is 5.02 Å².